The molecule has 1 atom stereocenters. The fraction of sp³-hybridized carbons (Fsp3) is 0.458. The molecule has 0 bridgehead atoms. The molecule has 2 N–H and O–H groups in total. The highest BCUT2D eigenvalue weighted by atomic mass is 19.1. The van der Waals surface area contributed by atoms with Gasteiger partial charge in [-0.2, -0.15) is 10.2 Å². The van der Waals surface area contributed by atoms with E-state index in [4.69, 9.17) is 0 Å². The molecule has 166 valence electrons. The van der Waals surface area contributed by atoms with E-state index in [1.54, 1.807) is 24.6 Å². The first-order valence-electron chi connectivity index (χ1n) is 11.0. The maximum atomic E-state index is 14.6. The summed E-state index contributed by atoms with van der Waals surface area (Å²) in [4.78, 5) is 15.1. The van der Waals surface area contributed by atoms with E-state index in [9.17, 15) is 9.18 Å². The van der Waals surface area contributed by atoms with Crippen molar-refractivity contribution in [1.82, 2.24) is 15.5 Å². The van der Waals surface area contributed by atoms with Gasteiger partial charge >= 0.3 is 0 Å². The highest BCUT2D eigenvalue weighted by Crippen LogP contribution is 2.24. The van der Waals surface area contributed by atoms with Gasteiger partial charge in [-0.3, -0.25) is 9.69 Å². The molecule has 1 aromatic rings. The monoisotopic (exact) mass is 425 g/mol. The Bertz CT molecular complexity index is 903. The number of nitrogens with zero attached hydrogens (tertiary/aromatic N) is 3. The second-order valence-corrected chi connectivity index (χ2v) is 8.20. The third-order valence-electron chi connectivity index (χ3n) is 5.53. The molecule has 1 aromatic carbocycles. The molecular weight excluding hydrogens is 393 g/mol. The van der Waals surface area contributed by atoms with Gasteiger partial charge in [0.05, 0.1) is 17.5 Å². The van der Waals surface area contributed by atoms with E-state index in [0.29, 0.717) is 6.04 Å². The predicted octanol–water partition coefficient (Wildman–Crippen LogP) is 3.94. The van der Waals surface area contributed by atoms with E-state index in [1.807, 2.05) is 12.2 Å². The van der Waals surface area contributed by atoms with Crippen LogP contribution in [0.3, 0.4) is 0 Å². The van der Waals surface area contributed by atoms with Gasteiger partial charge in [0.2, 0.25) is 0 Å². The summed E-state index contributed by atoms with van der Waals surface area (Å²) in [5.41, 5.74) is 2.80. The van der Waals surface area contributed by atoms with E-state index in [-0.39, 0.29) is 5.56 Å². The number of carbonyl (C=O) groups excluding carboxylic acids is 1. The van der Waals surface area contributed by atoms with Crippen LogP contribution in [0.25, 0.3) is 0 Å². The van der Waals surface area contributed by atoms with Crippen molar-refractivity contribution in [3.8, 4) is 0 Å². The van der Waals surface area contributed by atoms with Gasteiger partial charge in [0, 0.05) is 25.3 Å². The van der Waals surface area contributed by atoms with Gasteiger partial charge in [-0.1, -0.05) is 19.4 Å². The summed E-state index contributed by atoms with van der Waals surface area (Å²) in [6, 6.07) is 3.63. The normalized spacial score (nSPS) is 19.0. The number of hydrogen-bond donors (Lipinski definition) is 2. The van der Waals surface area contributed by atoms with Gasteiger partial charge in [-0.15, -0.1) is 0 Å². The van der Waals surface area contributed by atoms with Crippen LogP contribution in [-0.4, -0.2) is 42.0 Å². The van der Waals surface area contributed by atoms with Crippen molar-refractivity contribution in [2.24, 2.45) is 10.2 Å². The number of benzene rings is 1. The average molecular weight is 426 g/mol. The number of fused-ring (bicyclic) bond motifs is 1. The highest BCUT2D eigenvalue weighted by molar-refractivity contribution is 5.95. The van der Waals surface area contributed by atoms with Gasteiger partial charge in [0.1, 0.15) is 12.0 Å². The Morgan fingerprint density at radius 1 is 1.35 bits per heavy atom. The van der Waals surface area contributed by atoms with Crippen LogP contribution in [0.5, 0.6) is 0 Å². The number of unbranched alkanes of at least 4 members (excludes halogenated alkanes) is 2. The summed E-state index contributed by atoms with van der Waals surface area (Å²) in [6.07, 6.45) is 12.3. The minimum absolute atomic E-state index is 0.0739. The second-order valence-electron chi connectivity index (χ2n) is 8.20. The molecule has 0 spiro atoms. The summed E-state index contributed by atoms with van der Waals surface area (Å²) in [5, 5.41) is 14.0. The van der Waals surface area contributed by atoms with Crippen LogP contribution in [0.2, 0.25) is 0 Å². The third kappa shape index (κ3) is 6.34. The quantitative estimate of drug-likeness (QED) is 0.377. The molecular formula is C24H32FN5O. The standard InChI is InChI=1S/C24H32FN5O/c1-4-5-6-11-26-27-15-20-8-7-9-23(28-20)29-24(31)21-13-19-16-30(17(2)3)12-10-18(19)14-22(21)25/h7-9,11,13-15,17,23,28H,4-6,10,12,16H2,1-3H3,(H,29,31)/b26-11+,27-15+. The van der Waals surface area contributed by atoms with E-state index < -0.39 is 17.9 Å². The Kier molecular flexibility index (Phi) is 8.12. The lowest BCUT2D eigenvalue weighted by Crippen LogP contribution is -2.45. The molecule has 31 heavy (non-hydrogen) atoms. The van der Waals surface area contributed by atoms with Gasteiger partial charge in [0.15, 0.2) is 0 Å². The molecule has 3 rings (SSSR count). The minimum atomic E-state index is -0.479. The van der Waals surface area contributed by atoms with Crippen LogP contribution in [0.15, 0.2) is 46.3 Å². The van der Waals surface area contributed by atoms with Crippen LogP contribution in [0.1, 0.15) is 61.5 Å². The van der Waals surface area contributed by atoms with Crippen molar-refractivity contribution in [2.75, 3.05) is 6.54 Å². The van der Waals surface area contributed by atoms with E-state index >= 15 is 0 Å². The van der Waals surface area contributed by atoms with Crippen LogP contribution < -0.4 is 10.6 Å². The van der Waals surface area contributed by atoms with Crippen molar-refractivity contribution >= 4 is 18.3 Å². The predicted molar refractivity (Wildman–Crippen MR) is 124 cm³/mol. The van der Waals surface area contributed by atoms with Crippen molar-refractivity contribution in [1.29, 1.82) is 0 Å². The lowest BCUT2D eigenvalue weighted by molar-refractivity contribution is 0.0936. The van der Waals surface area contributed by atoms with E-state index in [2.05, 4.69) is 46.5 Å². The molecule has 0 saturated carbocycles. The number of halogens is 1. The third-order valence-corrected chi connectivity index (χ3v) is 5.53. The maximum Gasteiger partial charge on any atom is 0.256 e. The first kappa shape index (κ1) is 22.9. The molecule has 6 nitrogen and oxygen atoms in total. The molecule has 1 unspecified atom stereocenters. The lowest BCUT2D eigenvalue weighted by atomic mass is 9.96. The Balaban J connectivity index is 1.61. The smallest absolute Gasteiger partial charge is 0.256 e. The molecule has 2 aliphatic rings. The molecule has 2 aliphatic heterocycles. The van der Waals surface area contributed by atoms with Crippen molar-refractivity contribution in [3.63, 3.8) is 0 Å². The number of amides is 1. The second kappa shape index (κ2) is 11.0. The molecule has 0 fully saturated rings. The van der Waals surface area contributed by atoms with E-state index in [0.717, 1.165) is 55.6 Å². The number of nitrogens with one attached hydrogen (secondary N) is 2. The Hall–Kier alpha value is -2.80. The number of rotatable bonds is 8. The molecule has 0 saturated heterocycles. The van der Waals surface area contributed by atoms with Crippen LogP contribution in [-0.2, 0) is 13.0 Å². The molecule has 0 aromatic heterocycles. The first-order chi connectivity index (χ1) is 15.0. The van der Waals surface area contributed by atoms with Gasteiger partial charge < -0.3 is 10.6 Å². The Morgan fingerprint density at radius 3 is 2.97 bits per heavy atom. The summed E-state index contributed by atoms with van der Waals surface area (Å²) in [7, 11) is 0. The van der Waals surface area contributed by atoms with Crippen LogP contribution >= 0.6 is 0 Å². The topological polar surface area (TPSA) is 69.1 Å². The molecule has 7 heteroatoms. The van der Waals surface area contributed by atoms with Gasteiger partial charge in [0.25, 0.3) is 5.91 Å². The first-order valence-corrected chi connectivity index (χ1v) is 11.0. The molecule has 0 aliphatic carbocycles. The van der Waals surface area contributed by atoms with Crippen LogP contribution in [0, 0.1) is 5.82 Å². The van der Waals surface area contributed by atoms with Crippen LogP contribution in [0.4, 0.5) is 4.39 Å². The summed E-state index contributed by atoms with van der Waals surface area (Å²) < 4.78 is 14.6. The van der Waals surface area contributed by atoms with Crippen molar-refractivity contribution < 1.29 is 9.18 Å². The zero-order chi connectivity index (χ0) is 22.2. The zero-order valence-corrected chi connectivity index (χ0v) is 18.6. The summed E-state index contributed by atoms with van der Waals surface area (Å²) >= 11 is 0. The summed E-state index contributed by atoms with van der Waals surface area (Å²) in [6.45, 7) is 8.07. The number of dihydropyridines is 1. The van der Waals surface area contributed by atoms with Crippen molar-refractivity contribution in [3.05, 3.63) is 58.6 Å². The zero-order valence-electron chi connectivity index (χ0n) is 18.6. The molecule has 0 radical (unpaired) electrons. The van der Waals surface area contributed by atoms with Crippen molar-refractivity contribution in [2.45, 2.75) is 65.2 Å². The number of carbonyl (C=O) groups is 1. The fourth-order valence-corrected chi connectivity index (χ4v) is 3.64. The van der Waals surface area contributed by atoms with Gasteiger partial charge in [-0.25, -0.2) is 4.39 Å². The average Bonchev–Trinajstić information content (AvgIpc) is 2.75. The number of allylic oxidation sites excluding steroid dienone is 3. The Labute approximate surface area is 184 Å². The molecule has 1 amide bonds. The van der Waals surface area contributed by atoms with Gasteiger partial charge in [-0.05, 0) is 68.5 Å². The SMILES string of the molecule is CCCC/C=N/N=C/C1=CC=CC(NC(=O)c2cc3c(cc2F)CCN(C(C)C)C3)N1. The lowest BCUT2D eigenvalue weighted by Gasteiger charge is -2.32. The minimum Gasteiger partial charge on any atom is -0.361 e. The van der Waals surface area contributed by atoms with E-state index in [1.165, 1.54) is 6.07 Å². The molecule has 2 heterocycles. The number of hydrogen-bond acceptors (Lipinski definition) is 5. The Morgan fingerprint density at radius 2 is 2.19 bits per heavy atom. The fourth-order valence-electron chi connectivity index (χ4n) is 3.64. The maximum absolute atomic E-state index is 14.6. The largest absolute Gasteiger partial charge is 0.361 e. The summed E-state index contributed by atoms with van der Waals surface area (Å²) in [5.74, 6) is -0.923. The highest BCUT2D eigenvalue weighted by Gasteiger charge is 2.23.